The highest BCUT2D eigenvalue weighted by Crippen LogP contribution is 2.32. The first-order chi connectivity index (χ1) is 8.77. The minimum absolute atomic E-state index is 0.634. The summed E-state index contributed by atoms with van der Waals surface area (Å²) in [4.78, 5) is 2.58. The zero-order valence-corrected chi connectivity index (χ0v) is 11.7. The minimum Gasteiger partial charge on any atom is -0.368 e. The molecule has 18 heavy (non-hydrogen) atoms. The van der Waals surface area contributed by atoms with E-state index in [1.165, 1.54) is 36.9 Å². The summed E-state index contributed by atoms with van der Waals surface area (Å²) in [5, 5.41) is 0. The molecule has 100 valence electrons. The van der Waals surface area contributed by atoms with Crippen LogP contribution in [0.1, 0.15) is 38.2 Å². The summed E-state index contributed by atoms with van der Waals surface area (Å²) in [6.45, 7) is 6.37. The van der Waals surface area contributed by atoms with Crippen LogP contribution in [0.15, 0.2) is 24.3 Å². The summed E-state index contributed by atoms with van der Waals surface area (Å²) in [7, 11) is 0. The van der Waals surface area contributed by atoms with E-state index in [0.29, 0.717) is 12.0 Å². The lowest BCUT2D eigenvalue weighted by Crippen LogP contribution is -2.45. The van der Waals surface area contributed by atoms with Gasteiger partial charge in [-0.25, -0.2) is 0 Å². The van der Waals surface area contributed by atoms with Gasteiger partial charge in [-0.2, -0.15) is 0 Å². The van der Waals surface area contributed by atoms with Gasteiger partial charge in [0, 0.05) is 18.3 Å². The number of anilines is 1. The lowest BCUT2D eigenvalue weighted by atomic mass is 9.83. The van der Waals surface area contributed by atoms with Crippen LogP contribution in [0.5, 0.6) is 0 Å². The van der Waals surface area contributed by atoms with E-state index in [0.717, 1.165) is 13.1 Å². The number of nitrogens with zero attached hydrogens (tertiary/aromatic N) is 1. The van der Waals surface area contributed by atoms with Crippen molar-refractivity contribution in [3.63, 3.8) is 0 Å². The SMILES string of the molecule is CCN(c1ccccc1C)C1CCCCC1CN. The van der Waals surface area contributed by atoms with Crippen LogP contribution in [0.3, 0.4) is 0 Å². The topological polar surface area (TPSA) is 29.3 Å². The molecule has 2 unspecified atom stereocenters. The molecule has 0 amide bonds. The molecule has 2 N–H and O–H groups in total. The predicted octanol–water partition coefficient (Wildman–Crippen LogP) is 3.34. The van der Waals surface area contributed by atoms with Crippen molar-refractivity contribution in [1.82, 2.24) is 0 Å². The number of nitrogens with two attached hydrogens (primary N) is 1. The molecule has 2 atom stereocenters. The van der Waals surface area contributed by atoms with Crippen molar-refractivity contribution in [2.75, 3.05) is 18.0 Å². The van der Waals surface area contributed by atoms with Gasteiger partial charge in [0.2, 0.25) is 0 Å². The average molecular weight is 246 g/mol. The summed E-state index contributed by atoms with van der Waals surface area (Å²) in [6.07, 6.45) is 5.29. The summed E-state index contributed by atoms with van der Waals surface area (Å²) in [5.74, 6) is 0.665. The van der Waals surface area contributed by atoms with Gasteiger partial charge in [-0.1, -0.05) is 31.0 Å². The van der Waals surface area contributed by atoms with Crippen molar-refractivity contribution in [1.29, 1.82) is 0 Å². The Morgan fingerprint density at radius 2 is 1.94 bits per heavy atom. The summed E-state index contributed by atoms with van der Waals surface area (Å²) >= 11 is 0. The predicted molar refractivity (Wildman–Crippen MR) is 79.0 cm³/mol. The maximum absolute atomic E-state index is 5.98. The number of hydrogen-bond acceptors (Lipinski definition) is 2. The molecule has 2 heteroatoms. The summed E-state index contributed by atoms with van der Waals surface area (Å²) in [5.41, 5.74) is 8.75. The largest absolute Gasteiger partial charge is 0.368 e. The Kier molecular flexibility index (Phi) is 4.65. The van der Waals surface area contributed by atoms with Crippen molar-refractivity contribution in [3.8, 4) is 0 Å². The second kappa shape index (κ2) is 6.24. The smallest absolute Gasteiger partial charge is 0.0398 e. The van der Waals surface area contributed by atoms with Gasteiger partial charge in [0.1, 0.15) is 0 Å². The Morgan fingerprint density at radius 1 is 1.22 bits per heavy atom. The van der Waals surface area contributed by atoms with Gasteiger partial charge in [-0.15, -0.1) is 0 Å². The van der Waals surface area contributed by atoms with E-state index in [2.05, 4.69) is 43.0 Å². The number of aryl methyl sites for hydroxylation is 1. The zero-order valence-electron chi connectivity index (χ0n) is 11.7. The van der Waals surface area contributed by atoms with Crippen LogP contribution in [-0.2, 0) is 0 Å². The Hall–Kier alpha value is -1.02. The summed E-state index contributed by atoms with van der Waals surface area (Å²) in [6, 6.07) is 9.35. The molecule has 0 saturated heterocycles. The number of para-hydroxylation sites is 1. The first-order valence-corrected chi connectivity index (χ1v) is 7.30. The molecular weight excluding hydrogens is 220 g/mol. The van der Waals surface area contributed by atoms with Crippen molar-refractivity contribution < 1.29 is 0 Å². The quantitative estimate of drug-likeness (QED) is 0.883. The van der Waals surface area contributed by atoms with Crippen molar-refractivity contribution >= 4 is 5.69 Å². The number of hydrogen-bond donors (Lipinski definition) is 1. The molecular formula is C16H26N2. The maximum atomic E-state index is 5.98. The number of benzene rings is 1. The standard InChI is InChI=1S/C16H26N2/c1-3-18(15-10-6-4-8-13(15)2)16-11-7-5-9-14(16)12-17/h4,6,8,10,14,16H,3,5,7,9,11-12,17H2,1-2H3. The van der Waals surface area contributed by atoms with Crippen LogP contribution in [0.2, 0.25) is 0 Å². The molecule has 1 saturated carbocycles. The monoisotopic (exact) mass is 246 g/mol. The van der Waals surface area contributed by atoms with E-state index in [-0.39, 0.29) is 0 Å². The molecule has 1 aromatic rings. The van der Waals surface area contributed by atoms with E-state index in [4.69, 9.17) is 5.73 Å². The Bertz CT molecular complexity index is 375. The molecule has 1 aliphatic carbocycles. The van der Waals surface area contributed by atoms with Crippen LogP contribution in [0.4, 0.5) is 5.69 Å². The zero-order chi connectivity index (χ0) is 13.0. The molecule has 1 aromatic carbocycles. The molecule has 2 rings (SSSR count). The van der Waals surface area contributed by atoms with Crippen molar-refractivity contribution in [2.45, 2.75) is 45.6 Å². The van der Waals surface area contributed by atoms with Crippen LogP contribution < -0.4 is 10.6 Å². The molecule has 0 spiro atoms. The second-order valence-corrected chi connectivity index (χ2v) is 5.42. The average Bonchev–Trinajstić information content (AvgIpc) is 2.42. The molecule has 2 nitrogen and oxygen atoms in total. The van der Waals surface area contributed by atoms with E-state index in [9.17, 15) is 0 Å². The van der Waals surface area contributed by atoms with E-state index in [1.807, 2.05) is 0 Å². The third-order valence-corrected chi connectivity index (χ3v) is 4.34. The normalized spacial score (nSPS) is 23.9. The van der Waals surface area contributed by atoms with Gasteiger partial charge in [-0.05, 0) is 50.8 Å². The van der Waals surface area contributed by atoms with Crippen molar-refractivity contribution in [3.05, 3.63) is 29.8 Å². The van der Waals surface area contributed by atoms with Crippen LogP contribution in [-0.4, -0.2) is 19.1 Å². The fourth-order valence-corrected chi connectivity index (χ4v) is 3.34. The van der Waals surface area contributed by atoms with Crippen LogP contribution in [0, 0.1) is 12.8 Å². The lowest BCUT2D eigenvalue weighted by Gasteiger charge is -2.41. The van der Waals surface area contributed by atoms with Crippen LogP contribution in [0.25, 0.3) is 0 Å². The number of rotatable bonds is 4. The first kappa shape index (κ1) is 13.4. The van der Waals surface area contributed by atoms with Gasteiger partial charge in [0.05, 0.1) is 0 Å². The van der Waals surface area contributed by atoms with E-state index >= 15 is 0 Å². The fourth-order valence-electron chi connectivity index (χ4n) is 3.34. The Balaban J connectivity index is 2.24. The lowest BCUT2D eigenvalue weighted by molar-refractivity contribution is 0.300. The Labute approximate surface area is 111 Å². The van der Waals surface area contributed by atoms with Crippen LogP contribution >= 0.6 is 0 Å². The van der Waals surface area contributed by atoms with Gasteiger partial charge >= 0.3 is 0 Å². The first-order valence-electron chi connectivity index (χ1n) is 7.30. The van der Waals surface area contributed by atoms with Gasteiger partial charge in [0.25, 0.3) is 0 Å². The Morgan fingerprint density at radius 3 is 2.61 bits per heavy atom. The molecule has 0 aliphatic heterocycles. The highest BCUT2D eigenvalue weighted by Gasteiger charge is 2.29. The van der Waals surface area contributed by atoms with E-state index < -0.39 is 0 Å². The fraction of sp³-hybridized carbons (Fsp3) is 0.625. The highest BCUT2D eigenvalue weighted by atomic mass is 15.2. The molecule has 0 radical (unpaired) electrons. The summed E-state index contributed by atoms with van der Waals surface area (Å²) < 4.78 is 0. The maximum Gasteiger partial charge on any atom is 0.0398 e. The van der Waals surface area contributed by atoms with Gasteiger partial charge in [0.15, 0.2) is 0 Å². The molecule has 1 fully saturated rings. The molecule has 0 heterocycles. The van der Waals surface area contributed by atoms with Crippen molar-refractivity contribution in [2.24, 2.45) is 11.7 Å². The van der Waals surface area contributed by atoms with Gasteiger partial charge in [-0.3, -0.25) is 0 Å². The molecule has 0 aromatic heterocycles. The minimum atomic E-state index is 0.634. The third kappa shape index (κ3) is 2.69. The second-order valence-electron chi connectivity index (χ2n) is 5.42. The van der Waals surface area contributed by atoms with Gasteiger partial charge < -0.3 is 10.6 Å². The highest BCUT2D eigenvalue weighted by molar-refractivity contribution is 5.53. The molecule has 1 aliphatic rings. The third-order valence-electron chi connectivity index (χ3n) is 4.34. The molecule has 0 bridgehead atoms. The van der Waals surface area contributed by atoms with E-state index in [1.54, 1.807) is 0 Å².